The first-order valence-electron chi connectivity index (χ1n) is 6.98. The Morgan fingerprint density at radius 2 is 2.00 bits per heavy atom. The molecule has 0 bridgehead atoms. The van der Waals surface area contributed by atoms with Crippen LogP contribution in [0, 0.1) is 17.8 Å². The van der Waals surface area contributed by atoms with Crippen LogP contribution >= 0.6 is 0 Å². The van der Waals surface area contributed by atoms with Gasteiger partial charge in [0.2, 0.25) is 0 Å². The predicted molar refractivity (Wildman–Crippen MR) is 71.4 cm³/mol. The summed E-state index contributed by atoms with van der Waals surface area (Å²) in [5.74, 6) is 2.42. The van der Waals surface area contributed by atoms with Gasteiger partial charge in [-0.1, -0.05) is 33.6 Å². The maximum absolute atomic E-state index is 5.92. The molecule has 96 valence electrons. The van der Waals surface area contributed by atoms with Gasteiger partial charge in [-0.15, -0.1) is 0 Å². The molecule has 0 aromatic rings. The third-order valence-corrected chi connectivity index (χ3v) is 4.16. The highest BCUT2D eigenvalue weighted by Crippen LogP contribution is 2.33. The number of nitrogens with two attached hydrogens (primary N) is 1. The zero-order chi connectivity index (χ0) is 12.1. The van der Waals surface area contributed by atoms with Crippen LogP contribution in [0.4, 0.5) is 0 Å². The molecule has 3 atom stereocenters. The van der Waals surface area contributed by atoms with Crippen LogP contribution in [-0.4, -0.2) is 31.1 Å². The van der Waals surface area contributed by atoms with Crippen LogP contribution < -0.4 is 5.73 Å². The number of rotatable bonds is 5. The minimum atomic E-state index is 0.728. The van der Waals surface area contributed by atoms with Crippen LogP contribution in [0.25, 0.3) is 0 Å². The minimum Gasteiger partial charge on any atom is -0.330 e. The molecule has 3 unspecified atom stereocenters. The van der Waals surface area contributed by atoms with Crippen molar-refractivity contribution in [3.8, 4) is 0 Å². The van der Waals surface area contributed by atoms with E-state index >= 15 is 0 Å². The van der Waals surface area contributed by atoms with Gasteiger partial charge >= 0.3 is 0 Å². The van der Waals surface area contributed by atoms with Gasteiger partial charge in [0.25, 0.3) is 0 Å². The largest absolute Gasteiger partial charge is 0.330 e. The molecule has 0 saturated heterocycles. The molecule has 0 aliphatic heterocycles. The van der Waals surface area contributed by atoms with E-state index in [1.165, 1.54) is 32.2 Å². The molecule has 0 aromatic heterocycles. The Labute approximate surface area is 102 Å². The second-order valence-electron chi connectivity index (χ2n) is 5.98. The molecule has 2 N–H and O–H groups in total. The Balaban J connectivity index is 2.56. The Hall–Kier alpha value is -0.0800. The molecule has 0 heterocycles. The van der Waals surface area contributed by atoms with E-state index in [9.17, 15) is 0 Å². The lowest BCUT2D eigenvalue weighted by Gasteiger charge is -2.41. The zero-order valence-electron chi connectivity index (χ0n) is 11.6. The van der Waals surface area contributed by atoms with Crippen molar-refractivity contribution in [2.75, 3.05) is 20.1 Å². The second-order valence-corrected chi connectivity index (χ2v) is 5.98. The van der Waals surface area contributed by atoms with Crippen molar-refractivity contribution in [2.24, 2.45) is 23.5 Å². The van der Waals surface area contributed by atoms with E-state index in [2.05, 4.69) is 32.7 Å². The molecule has 1 saturated carbocycles. The molecule has 1 rings (SSSR count). The summed E-state index contributed by atoms with van der Waals surface area (Å²) in [6.07, 6.45) is 5.43. The van der Waals surface area contributed by atoms with Crippen molar-refractivity contribution in [2.45, 2.75) is 52.5 Å². The summed E-state index contributed by atoms with van der Waals surface area (Å²) < 4.78 is 0. The predicted octanol–water partition coefficient (Wildman–Crippen LogP) is 2.73. The molecular formula is C14H30N2. The van der Waals surface area contributed by atoms with Gasteiger partial charge < -0.3 is 10.6 Å². The average Bonchev–Trinajstić information content (AvgIpc) is 2.27. The summed E-state index contributed by atoms with van der Waals surface area (Å²) in [4.78, 5) is 2.56. The Morgan fingerprint density at radius 3 is 2.50 bits per heavy atom. The molecule has 1 aliphatic rings. The zero-order valence-corrected chi connectivity index (χ0v) is 11.6. The number of nitrogens with zero attached hydrogens (tertiary/aromatic N) is 1. The van der Waals surface area contributed by atoms with Crippen molar-refractivity contribution in [3.05, 3.63) is 0 Å². The highest BCUT2D eigenvalue weighted by atomic mass is 15.1. The lowest BCUT2D eigenvalue weighted by molar-refractivity contribution is 0.0928. The van der Waals surface area contributed by atoms with Gasteiger partial charge in [0.05, 0.1) is 0 Å². The molecular weight excluding hydrogens is 196 g/mol. The fraction of sp³-hybridized carbons (Fsp3) is 1.00. The standard InChI is InChI=1S/C14H30N2/c1-5-12-6-7-13(9-15)14(8-12)16(4)10-11(2)3/h11-14H,5-10,15H2,1-4H3. The molecule has 0 spiro atoms. The van der Waals surface area contributed by atoms with Crippen molar-refractivity contribution in [3.63, 3.8) is 0 Å². The summed E-state index contributed by atoms with van der Waals surface area (Å²) in [7, 11) is 2.28. The second kappa shape index (κ2) is 6.61. The molecule has 1 fully saturated rings. The van der Waals surface area contributed by atoms with Gasteiger partial charge in [-0.05, 0) is 44.2 Å². The maximum Gasteiger partial charge on any atom is 0.0135 e. The summed E-state index contributed by atoms with van der Waals surface area (Å²) >= 11 is 0. The topological polar surface area (TPSA) is 29.3 Å². The van der Waals surface area contributed by atoms with Crippen LogP contribution in [0.3, 0.4) is 0 Å². The van der Waals surface area contributed by atoms with Crippen molar-refractivity contribution >= 4 is 0 Å². The van der Waals surface area contributed by atoms with Gasteiger partial charge in [-0.25, -0.2) is 0 Å². The minimum absolute atomic E-state index is 0.728. The van der Waals surface area contributed by atoms with Crippen LogP contribution in [0.5, 0.6) is 0 Å². The molecule has 0 radical (unpaired) electrons. The normalized spacial score (nSPS) is 31.3. The van der Waals surface area contributed by atoms with Crippen LogP contribution in [-0.2, 0) is 0 Å². The van der Waals surface area contributed by atoms with Gasteiger partial charge in [-0.2, -0.15) is 0 Å². The highest BCUT2D eigenvalue weighted by molar-refractivity contribution is 4.86. The lowest BCUT2D eigenvalue weighted by Crippen LogP contribution is -2.46. The number of hydrogen-bond donors (Lipinski definition) is 1. The summed E-state index contributed by atoms with van der Waals surface area (Å²) in [5.41, 5.74) is 5.92. The van der Waals surface area contributed by atoms with Gasteiger partial charge in [-0.3, -0.25) is 0 Å². The van der Waals surface area contributed by atoms with Crippen LogP contribution in [0.1, 0.15) is 46.5 Å². The Bertz CT molecular complexity index is 191. The maximum atomic E-state index is 5.92. The van der Waals surface area contributed by atoms with Gasteiger partial charge in [0, 0.05) is 12.6 Å². The fourth-order valence-electron chi connectivity index (χ4n) is 3.19. The van der Waals surface area contributed by atoms with Crippen molar-refractivity contribution < 1.29 is 0 Å². The first kappa shape index (κ1) is 14.0. The van der Waals surface area contributed by atoms with Gasteiger partial charge in [0.15, 0.2) is 0 Å². The molecule has 0 amide bonds. The van der Waals surface area contributed by atoms with E-state index in [-0.39, 0.29) is 0 Å². The van der Waals surface area contributed by atoms with Crippen molar-refractivity contribution in [1.29, 1.82) is 0 Å². The molecule has 16 heavy (non-hydrogen) atoms. The van der Waals surface area contributed by atoms with E-state index in [4.69, 9.17) is 5.73 Å². The van der Waals surface area contributed by atoms with E-state index in [1.54, 1.807) is 0 Å². The molecule has 2 heteroatoms. The molecule has 1 aliphatic carbocycles. The fourth-order valence-corrected chi connectivity index (χ4v) is 3.19. The molecule has 0 aromatic carbocycles. The third kappa shape index (κ3) is 3.74. The van der Waals surface area contributed by atoms with E-state index in [0.29, 0.717) is 0 Å². The van der Waals surface area contributed by atoms with Crippen LogP contribution in [0.2, 0.25) is 0 Å². The van der Waals surface area contributed by atoms with E-state index in [0.717, 1.165) is 30.3 Å². The number of hydrogen-bond acceptors (Lipinski definition) is 2. The highest BCUT2D eigenvalue weighted by Gasteiger charge is 2.31. The quantitative estimate of drug-likeness (QED) is 0.781. The molecule has 2 nitrogen and oxygen atoms in total. The van der Waals surface area contributed by atoms with E-state index in [1.807, 2.05) is 0 Å². The first-order chi connectivity index (χ1) is 7.58. The van der Waals surface area contributed by atoms with E-state index < -0.39 is 0 Å². The lowest BCUT2D eigenvalue weighted by atomic mass is 9.76. The third-order valence-electron chi connectivity index (χ3n) is 4.16. The Morgan fingerprint density at radius 1 is 1.31 bits per heavy atom. The van der Waals surface area contributed by atoms with Crippen LogP contribution in [0.15, 0.2) is 0 Å². The smallest absolute Gasteiger partial charge is 0.0135 e. The van der Waals surface area contributed by atoms with Gasteiger partial charge in [0.1, 0.15) is 0 Å². The average molecular weight is 226 g/mol. The first-order valence-corrected chi connectivity index (χ1v) is 6.98. The summed E-state index contributed by atoms with van der Waals surface area (Å²) in [6.45, 7) is 9.00. The SMILES string of the molecule is CCC1CCC(CN)C(N(C)CC(C)C)C1. The summed E-state index contributed by atoms with van der Waals surface area (Å²) in [5, 5.41) is 0. The summed E-state index contributed by atoms with van der Waals surface area (Å²) in [6, 6.07) is 0.728. The Kier molecular flexibility index (Phi) is 5.77. The monoisotopic (exact) mass is 226 g/mol. The van der Waals surface area contributed by atoms with Crippen molar-refractivity contribution in [1.82, 2.24) is 4.90 Å².